The van der Waals surface area contributed by atoms with Crippen molar-refractivity contribution in [2.75, 3.05) is 26.7 Å². The summed E-state index contributed by atoms with van der Waals surface area (Å²) in [6.07, 6.45) is 0.460. The number of esters is 1. The normalized spacial score (nSPS) is 30.1. The van der Waals surface area contributed by atoms with Crippen LogP contribution in [0.1, 0.15) is 27.2 Å². The lowest BCUT2D eigenvalue weighted by Gasteiger charge is -2.40. The number of carbonyl (C=O) groups is 2. The minimum absolute atomic E-state index is 0.0488. The lowest BCUT2D eigenvalue weighted by molar-refractivity contribution is -0.149. The molecule has 6 heteroatoms. The number of piperazine rings is 1. The summed E-state index contributed by atoms with van der Waals surface area (Å²) in [5.41, 5.74) is -0.562. The van der Waals surface area contributed by atoms with Crippen molar-refractivity contribution in [3.8, 4) is 0 Å². The summed E-state index contributed by atoms with van der Waals surface area (Å²) in [6.45, 7) is 7.72. The molecule has 0 spiro atoms. The average molecular weight is 270 g/mol. The average Bonchev–Trinajstić information content (AvgIpc) is 2.67. The third-order valence-electron chi connectivity index (χ3n) is 3.49. The van der Waals surface area contributed by atoms with Gasteiger partial charge in [0, 0.05) is 25.7 Å². The molecule has 2 aliphatic rings. The first-order chi connectivity index (χ1) is 8.81. The van der Waals surface area contributed by atoms with Crippen molar-refractivity contribution < 1.29 is 19.1 Å². The van der Waals surface area contributed by atoms with Gasteiger partial charge in [0.05, 0.1) is 7.11 Å². The number of ether oxygens (including phenoxy) is 2. The Kier molecular flexibility index (Phi) is 3.71. The van der Waals surface area contributed by atoms with Crippen LogP contribution in [0.4, 0.5) is 4.79 Å². The van der Waals surface area contributed by atoms with Gasteiger partial charge in [-0.1, -0.05) is 0 Å². The molecule has 3 atom stereocenters. The first kappa shape index (κ1) is 14.1. The van der Waals surface area contributed by atoms with E-state index >= 15 is 0 Å². The van der Waals surface area contributed by atoms with Crippen LogP contribution in [0.2, 0.25) is 0 Å². The van der Waals surface area contributed by atoms with Crippen LogP contribution in [-0.4, -0.2) is 66.3 Å². The van der Waals surface area contributed by atoms with Gasteiger partial charge in [0.25, 0.3) is 0 Å². The molecule has 0 aromatic carbocycles. The molecule has 2 aliphatic heterocycles. The Morgan fingerprint density at radius 3 is 2.47 bits per heavy atom. The Morgan fingerprint density at radius 2 is 1.89 bits per heavy atom. The van der Waals surface area contributed by atoms with E-state index in [0.29, 0.717) is 6.54 Å². The summed E-state index contributed by atoms with van der Waals surface area (Å²) in [4.78, 5) is 27.9. The standard InChI is InChI=1S/C13H22N2O4/c1-13(2,3)19-12(17)15-9-5-6-14(7-9)8-10(15)11(16)18-4/h9-10H,5-8H2,1-4H3. The van der Waals surface area contributed by atoms with Crippen molar-refractivity contribution in [3.05, 3.63) is 0 Å². The van der Waals surface area contributed by atoms with E-state index in [0.717, 1.165) is 19.5 Å². The monoisotopic (exact) mass is 270 g/mol. The highest BCUT2D eigenvalue weighted by Crippen LogP contribution is 2.27. The first-order valence-electron chi connectivity index (χ1n) is 6.63. The van der Waals surface area contributed by atoms with E-state index in [4.69, 9.17) is 9.47 Å². The molecule has 2 fully saturated rings. The SMILES string of the molecule is COC(=O)C1CN2CCC(C2)N1C(=O)OC(C)(C)C. The van der Waals surface area contributed by atoms with E-state index in [1.807, 2.05) is 20.8 Å². The van der Waals surface area contributed by atoms with Gasteiger partial charge in [0.2, 0.25) is 0 Å². The number of carbonyl (C=O) groups excluding carboxylic acids is 2. The summed E-state index contributed by atoms with van der Waals surface area (Å²) in [5, 5.41) is 0. The number of methoxy groups -OCH3 is 1. The predicted octanol–water partition coefficient (Wildman–Crippen LogP) is 0.853. The van der Waals surface area contributed by atoms with Crippen LogP contribution in [-0.2, 0) is 14.3 Å². The largest absolute Gasteiger partial charge is 0.467 e. The van der Waals surface area contributed by atoms with Crippen molar-refractivity contribution in [2.24, 2.45) is 0 Å². The molecule has 0 aliphatic carbocycles. The number of rotatable bonds is 1. The van der Waals surface area contributed by atoms with Crippen LogP contribution in [0, 0.1) is 0 Å². The van der Waals surface area contributed by atoms with E-state index in [1.165, 1.54) is 7.11 Å². The van der Waals surface area contributed by atoms with Crippen molar-refractivity contribution in [1.82, 2.24) is 9.80 Å². The quantitative estimate of drug-likeness (QED) is 0.661. The minimum Gasteiger partial charge on any atom is -0.467 e. The van der Waals surface area contributed by atoms with Crippen molar-refractivity contribution in [1.29, 1.82) is 0 Å². The topological polar surface area (TPSA) is 59.1 Å². The molecule has 2 rings (SSSR count). The van der Waals surface area contributed by atoms with Crippen LogP contribution >= 0.6 is 0 Å². The number of amides is 1. The summed E-state index contributed by atoms with van der Waals surface area (Å²) in [5.74, 6) is -0.373. The number of hydrogen-bond donors (Lipinski definition) is 0. The fourth-order valence-electron chi connectivity index (χ4n) is 2.71. The highest BCUT2D eigenvalue weighted by atomic mass is 16.6. The van der Waals surface area contributed by atoms with Gasteiger partial charge in [-0.05, 0) is 27.2 Å². The van der Waals surface area contributed by atoms with Gasteiger partial charge in [-0.25, -0.2) is 9.59 Å². The third-order valence-corrected chi connectivity index (χ3v) is 3.49. The molecule has 3 unspecified atom stereocenters. The molecule has 0 aromatic heterocycles. The summed E-state index contributed by atoms with van der Waals surface area (Å²) in [7, 11) is 1.35. The maximum Gasteiger partial charge on any atom is 0.411 e. The third kappa shape index (κ3) is 3.00. The minimum atomic E-state index is -0.562. The molecule has 2 heterocycles. The molecular weight excluding hydrogens is 248 g/mol. The van der Waals surface area contributed by atoms with E-state index in [-0.39, 0.29) is 12.0 Å². The number of nitrogens with zero attached hydrogens (tertiary/aromatic N) is 2. The van der Waals surface area contributed by atoms with Crippen LogP contribution in [0.3, 0.4) is 0 Å². The smallest absolute Gasteiger partial charge is 0.411 e. The zero-order valence-electron chi connectivity index (χ0n) is 12.0. The van der Waals surface area contributed by atoms with Gasteiger partial charge < -0.3 is 9.47 Å². The van der Waals surface area contributed by atoms with Crippen LogP contribution in [0.5, 0.6) is 0 Å². The Balaban J connectivity index is 2.17. The van der Waals surface area contributed by atoms with Gasteiger partial charge >= 0.3 is 12.1 Å². The molecule has 0 radical (unpaired) electrons. The van der Waals surface area contributed by atoms with Gasteiger partial charge in [0.15, 0.2) is 0 Å². The maximum absolute atomic E-state index is 12.3. The van der Waals surface area contributed by atoms with Crippen molar-refractivity contribution >= 4 is 12.1 Å². The Morgan fingerprint density at radius 1 is 1.21 bits per heavy atom. The molecule has 0 aromatic rings. The fraction of sp³-hybridized carbons (Fsp3) is 0.846. The molecule has 2 saturated heterocycles. The van der Waals surface area contributed by atoms with E-state index in [2.05, 4.69) is 4.90 Å². The number of hydrogen-bond acceptors (Lipinski definition) is 5. The fourth-order valence-corrected chi connectivity index (χ4v) is 2.71. The van der Waals surface area contributed by atoms with Crippen molar-refractivity contribution in [2.45, 2.75) is 44.9 Å². The molecule has 1 amide bonds. The van der Waals surface area contributed by atoms with Crippen LogP contribution < -0.4 is 0 Å². The second kappa shape index (κ2) is 5.00. The highest BCUT2D eigenvalue weighted by Gasteiger charge is 2.46. The van der Waals surface area contributed by atoms with Gasteiger partial charge in [-0.3, -0.25) is 9.80 Å². The van der Waals surface area contributed by atoms with E-state index in [9.17, 15) is 9.59 Å². The molecule has 108 valence electrons. The lowest BCUT2D eigenvalue weighted by Crippen LogP contribution is -2.60. The zero-order chi connectivity index (χ0) is 14.2. The second-order valence-corrected chi connectivity index (χ2v) is 6.13. The molecule has 19 heavy (non-hydrogen) atoms. The zero-order valence-corrected chi connectivity index (χ0v) is 12.0. The first-order valence-corrected chi connectivity index (χ1v) is 6.63. The van der Waals surface area contributed by atoms with Crippen LogP contribution in [0.15, 0.2) is 0 Å². The summed E-state index contributed by atoms with van der Waals surface area (Å²) < 4.78 is 10.2. The Hall–Kier alpha value is -1.30. The molecular formula is C13H22N2O4. The van der Waals surface area contributed by atoms with Gasteiger partial charge in [-0.2, -0.15) is 0 Å². The Bertz CT molecular complexity index is 377. The van der Waals surface area contributed by atoms with Crippen molar-refractivity contribution in [3.63, 3.8) is 0 Å². The summed E-state index contributed by atoms with van der Waals surface area (Å²) in [6, 6.07) is -0.506. The maximum atomic E-state index is 12.3. The lowest BCUT2D eigenvalue weighted by atomic mass is 10.1. The highest BCUT2D eigenvalue weighted by molar-refractivity contribution is 5.82. The Labute approximate surface area is 113 Å². The predicted molar refractivity (Wildman–Crippen MR) is 68.7 cm³/mol. The van der Waals surface area contributed by atoms with Crippen LogP contribution in [0.25, 0.3) is 0 Å². The second-order valence-electron chi connectivity index (χ2n) is 6.13. The van der Waals surface area contributed by atoms with E-state index < -0.39 is 17.7 Å². The molecule has 6 nitrogen and oxygen atoms in total. The van der Waals surface area contributed by atoms with Gasteiger partial charge in [-0.15, -0.1) is 0 Å². The molecule has 0 N–H and O–H groups in total. The molecule has 0 saturated carbocycles. The van der Waals surface area contributed by atoms with Gasteiger partial charge in [0.1, 0.15) is 11.6 Å². The number of fused-ring (bicyclic) bond motifs is 2. The molecule has 2 bridgehead atoms. The van der Waals surface area contributed by atoms with E-state index in [1.54, 1.807) is 4.90 Å². The summed E-state index contributed by atoms with van der Waals surface area (Å²) >= 11 is 0.